The number of aliphatic imine (C=N–C) groups is 1. The van der Waals surface area contributed by atoms with Crippen molar-refractivity contribution in [3.63, 3.8) is 0 Å². The van der Waals surface area contributed by atoms with Crippen LogP contribution in [0.1, 0.15) is 6.42 Å². The van der Waals surface area contributed by atoms with Crippen LogP contribution in [0, 0.1) is 5.82 Å². The van der Waals surface area contributed by atoms with Gasteiger partial charge in [-0.1, -0.05) is 12.1 Å². The molecule has 1 aliphatic rings. The number of ether oxygens (including phenoxy) is 1. The number of benzene rings is 1. The molecule has 4 rings (SSSR count). The van der Waals surface area contributed by atoms with Crippen molar-refractivity contribution in [3.05, 3.63) is 53.8 Å². The molecule has 140 valence electrons. The lowest BCUT2D eigenvalue weighted by Crippen LogP contribution is -2.37. The number of hydrogen-bond acceptors (Lipinski definition) is 7. The van der Waals surface area contributed by atoms with Gasteiger partial charge in [0.1, 0.15) is 0 Å². The highest BCUT2D eigenvalue weighted by Gasteiger charge is 2.13. The third kappa shape index (κ3) is 5.40. The topological polar surface area (TPSA) is 71.4 Å². The van der Waals surface area contributed by atoms with Gasteiger partial charge in [0, 0.05) is 18.2 Å². The fourth-order valence-corrected chi connectivity index (χ4v) is 2.99. The minimum Gasteiger partial charge on any atom is -0.435 e. The Morgan fingerprint density at radius 1 is 1.15 bits per heavy atom. The Labute approximate surface area is 161 Å². The summed E-state index contributed by atoms with van der Waals surface area (Å²) in [7, 11) is 0. The highest BCUT2D eigenvalue weighted by molar-refractivity contribution is 7.13. The van der Waals surface area contributed by atoms with Crippen molar-refractivity contribution < 1.29 is 9.13 Å². The molecule has 0 aliphatic carbocycles. The molecular weight excluding hydrogens is 365 g/mol. The summed E-state index contributed by atoms with van der Waals surface area (Å²) < 4.78 is 19.2. The molecule has 1 aromatic carbocycles. The molecule has 27 heavy (non-hydrogen) atoms. The Hall–Kier alpha value is -2.68. The van der Waals surface area contributed by atoms with Crippen LogP contribution in [0.5, 0.6) is 11.6 Å². The zero-order chi connectivity index (χ0) is 18.9. The molecule has 1 aliphatic heterocycles. The number of thiazole rings is 1. The molecular formula is C19H20FN5OS. The van der Waals surface area contributed by atoms with Gasteiger partial charge in [0.15, 0.2) is 11.6 Å². The highest BCUT2D eigenvalue weighted by atomic mass is 32.1. The van der Waals surface area contributed by atoms with E-state index in [9.17, 15) is 4.39 Å². The molecule has 1 fully saturated rings. The second-order valence-electron chi connectivity index (χ2n) is 5.59. The van der Waals surface area contributed by atoms with Gasteiger partial charge in [-0.2, -0.15) is 0 Å². The van der Waals surface area contributed by atoms with Gasteiger partial charge in [-0.05, 0) is 50.5 Å². The summed E-state index contributed by atoms with van der Waals surface area (Å²) in [6, 6.07) is 9.76. The van der Waals surface area contributed by atoms with Gasteiger partial charge in [0.25, 0.3) is 0 Å². The molecule has 0 atom stereocenters. The number of pyridine rings is 1. The van der Waals surface area contributed by atoms with Gasteiger partial charge in [-0.15, -0.1) is 11.3 Å². The molecule has 3 heterocycles. The van der Waals surface area contributed by atoms with Crippen LogP contribution in [0.15, 0.2) is 53.0 Å². The number of nitrogens with zero attached hydrogens (tertiary/aromatic N) is 3. The van der Waals surface area contributed by atoms with E-state index in [4.69, 9.17) is 4.74 Å². The molecule has 8 heteroatoms. The van der Waals surface area contributed by atoms with E-state index in [-0.39, 0.29) is 5.75 Å². The lowest BCUT2D eigenvalue weighted by atomic mass is 10.2. The highest BCUT2D eigenvalue weighted by Crippen LogP contribution is 2.34. The van der Waals surface area contributed by atoms with Crippen molar-refractivity contribution in [2.45, 2.75) is 6.42 Å². The lowest BCUT2D eigenvalue weighted by molar-refractivity contribution is 0.429. The molecule has 3 aromatic rings. The average Bonchev–Trinajstić information content (AvgIpc) is 3.21. The number of halogens is 1. The predicted octanol–water partition coefficient (Wildman–Crippen LogP) is 4.00. The first-order valence-electron chi connectivity index (χ1n) is 8.49. The molecule has 6 nitrogen and oxygen atoms in total. The Bertz CT molecular complexity index is 870. The number of rotatable bonds is 4. The largest absolute Gasteiger partial charge is 0.435 e. The van der Waals surface area contributed by atoms with Gasteiger partial charge in [0.2, 0.25) is 11.0 Å². The van der Waals surface area contributed by atoms with Crippen molar-refractivity contribution in [2.75, 3.05) is 19.8 Å². The van der Waals surface area contributed by atoms with Crippen LogP contribution in [0.25, 0.3) is 11.3 Å². The van der Waals surface area contributed by atoms with Gasteiger partial charge in [-0.3, -0.25) is 0 Å². The van der Waals surface area contributed by atoms with E-state index in [1.54, 1.807) is 30.5 Å². The monoisotopic (exact) mass is 385 g/mol. The van der Waals surface area contributed by atoms with E-state index >= 15 is 0 Å². The van der Waals surface area contributed by atoms with Crippen molar-refractivity contribution >= 4 is 23.2 Å². The summed E-state index contributed by atoms with van der Waals surface area (Å²) in [5.74, 6) is -0.0286. The second kappa shape index (κ2) is 9.86. The maximum Gasteiger partial charge on any atom is 0.228 e. The summed E-state index contributed by atoms with van der Waals surface area (Å²) >= 11 is 1.36. The van der Waals surface area contributed by atoms with Crippen LogP contribution < -0.4 is 15.4 Å². The molecule has 0 spiro atoms. The minimum atomic E-state index is -0.444. The number of hydrogen-bond donors (Lipinski definition) is 2. The number of aromatic nitrogens is 2. The standard InChI is InChI=1S/C15H10FN3OS.C4H10N2/c1-17-15-19-12(9-21-15)10-5-4-8-18-14(10)20-13-7-3-2-6-11(13)16;1-2-5-4-6-3-1/h2-9H,1H2;5-6H,1-4H2. The van der Waals surface area contributed by atoms with Crippen LogP contribution in [-0.4, -0.2) is 36.4 Å². The van der Waals surface area contributed by atoms with Crippen molar-refractivity contribution in [2.24, 2.45) is 4.99 Å². The van der Waals surface area contributed by atoms with E-state index < -0.39 is 5.82 Å². The first-order valence-corrected chi connectivity index (χ1v) is 9.37. The first kappa shape index (κ1) is 19.1. The maximum atomic E-state index is 13.7. The third-order valence-corrected chi connectivity index (χ3v) is 4.45. The molecule has 1 saturated heterocycles. The molecule has 0 bridgehead atoms. The van der Waals surface area contributed by atoms with Crippen molar-refractivity contribution in [1.29, 1.82) is 0 Å². The molecule has 0 radical (unpaired) electrons. The van der Waals surface area contributed by atoms with Gasteiger partial charge in [-0.25, -0.2) is 19.4 Å². The SMILES string of the molecule is C1CNCNC1.C=Nc1nc(-c2cccnc2Oc2ccccc2F)cs1. The van der Waals surface area contributed by atoms with Crippen LogP contribution in [0.2, 0.25) is 0 Å². The van der Waals surface area contributed by atoms with Crippen LogP contribution in [0.4, 0.5) is 9.52 Å². The molecule has 0 unspecified atom stereocenters. The summed E-state index contributed by atoms with van der Waals surface area (Å²) in [6.07, 6.45) is 2.86. The van der Waals surface area contributed by atoms with Gasteiger partial charge in [0.05, 0.1) is 11.3 Å². The Morgan fingerprint density at radius 2 is 1.96 bits per heavy atom. The van der Waals surface area contributed by atoms with E-state index in [1.165, 1.54) is 36.9 Å². The van der Waals surface area contributed by atoms with Gasteiger partial charge >= 0.3 is 0 Å². The smallest absolute Gasteiger partial charge is 0.228 e. The number of nitrogens with one attached hydrogen (secondary N) is 2. The second-order valence-corrected chi connectivity index (χ2v) is 6.43. The normalized spacial score (nSPS) is 13.4. The van der Waals surface area contributed by atoms with E-state index in [0.717, 1.165) is 6.67 Å². The number of para-hydroxylation sites is 1. The van der Waals surface area contributed by atoms with E-state index in [0.29, 0.717) is 22.3 Å². The average molecular weight is 385 g/mol. The third-order valence-electron chi connectivity index (χ3n) is 3.67. The zero-order valence-corrected chi connectivity index (χ0v) is 15.5. The van der Waals surface area contributed by atoms with E-state index in [2.05, 4.69) is 32.3 Å². The fourth-order valence-electron chi connectivity index (χ4n) is 2.36. The van der Waals surface area contributed by atoms with Gasteiger partial charge < -0.3 is 15.4 Å². The Balaban J connectivity index is 0.000000299. The minimum absolute atomic E-state index is 0.120. The molecule has 0 saturated carbocycles. The first-order chi connectivity index (χ1) is 13.3. The fraction of sp³-hybridized carbons (Fsp3) is 0.211. The molecule has 0 amide bonds. The Morgan fingerprint density at radius 3 is 2.59 bits per heavy atom. The van der Waals surface area contributed by atoms with E-state index in [1.807, 2.05) is 11.4 Å². The molecule has 2 N–H and O–H groups in total. The predicted molar refractivity (Wildman–Crippen MR) is 107 cm³/mol. The summed E-state index contributed by atoms with van der Waals surface area (Å²) in [5, 5.41) is 8.74. The lowest BCUT2D eigenvalue weighted by Gasteiger charge is -2.11. The summed E-state index contributed by atoms with van der Waals surface area (Å²) in [6.45, 7) is 6.82. The zero-order valence-electron chi connectivity index (χ0n) is 14.7. The quantitative estimate of drug-likeness (QED) is 0.665. The van der Waals surface area contributed by atoms with Crippen LogP contribution in [-0.2, 0) is 0 Å². The summed E-state index contributed by atoms with van der Waals surface area (Å²) in [4.78, 5) is 12.2. The van der Waals surface area contributed by atoms with Crippen molar-refractivity contribution in [3.8, 4) is 22.9 Å². The Kier molecular flexibility index (Phi) is 6.97. The van der Waals surface area contributed by atoms with Crippen molar-refractivity contribution in [1.82, 2.24) is 20.6 Å². The summed E-state index contributed by atoms with van der Waals surface area (Å²) in [5.41, 5.74) is 1.34. The van der Waals surface area contributed by atoms with Crippen LogP contribution in [0.3, 0.4) is 0 Å². The molecule has 2 aromatic heterocycles. The van der Waals surface area contributed by atoms with Crippen LogP contribution >= 0.6 is 11.3 Å². The maximum absolute atomic E-state index is 13.7.